The van der Waals surface area contributed by atoms with Gasteiger partial charge in [0.05, 0.1) is 0 Å². The quantitative estimate of drug-likeness (QED) is 0.242. The second kappa shape index (κ2) is 6.93. The van der Waals surface area contributed by atoms with Crippen LogP contribution in [0.1, 0.15) is 0 Å². The van der Waals surface area contributed by atoms with Gasteiger partial charge in [-0.15, -0.1) is 0 Å². The second-order valence-electron chi connectivity index (χ2n) is 4.95. The molecule has 0 aliphatic rings. The largest absolute Gasteiger partial charge is 0.376 e. The van der Waals surface area contributed by atoms with Gasteiger partial charge in [-0.05, 0) is 6.07 Å². The summed E-state index contributed by atoms with van der Waals surface area (Å²) in [6.07, 6.45) is 0. The van der Waals surface area contributed by atoms with E-state index in [1.54, 1.807) is 24.3 Å². The summed E-state index contributed by atoms with van der Waals surface area (Å²) in [5.41, 5.74) is 0.431. The van der Waals surface area contributed by atoms with Crippen molar-refractivity contribution in [3.63, 3.8) is 0 Å². The molecule has 0 N–H and O–H groups in total. The van der Waals surface area contributed by atoms with Crippen molar-refractivity contribution < 1.29 is 39.1 Å². The molecule has 0 fully saturated rings. The smallest absolute Gasteiger partial charge is 0.370 e. The molecule has 0 bridgehead atoms. The molecule has 3 rings (SSSR count). The normalized spacial score (nSPS) is 11.6. The van der Waals surface area contributed by atoms with Crippen LogP contribution in [0, 0.1) is 29.1 Å². The van der Waals surface area contributed by atoms with Crippen molar-refractivity contribution in [1.82, 2.24) is 5.16 Å². The van der Waals surface area contributed by atoms with Crippen molar-refractivity contribution in [1.29, 1.82) is 0 Å². The van der Waals surface area contributed by atoms with Gasteiger partial charge in [0.25, 0.3) is 5.09 Å². The van der Waals surface area contributed by atoms with E-state index in [0.717, 1.165) is 6.07 Å². The molecule has 0 unspecified atom stereocenters. The van der Waals surface area contributed by atoms with Crippen molar-refractivity contribution in [3.05, 3.63) is 63.9 Å². The van der Waals surface area contributed by atoms with Crippen LogP contribution < -0.4 is 4.18 Å². The second-order valence-corrected chi connectivity index (χ2v) is 7.28. The van der Waals surface area contributed by atoms with E-state index in [-0.39, 0.29) is 5.69 Å². The molecule has 0 atom stereocenters. The highest BCUT2D eigenvalue weighted by atomic mass is 79.9. The lowest BCUT2D eigenvalue weighted by Crippen LogP contribution is -2.14. The first-order chi connectivity index (χ1) is 12.6. The van der Waals surface area contributed by atoms with Gasteiger partial charge in [0.2, 0.25) is 34.8 Å². The van der Waals surface area contributed by atoms with Crippen LogP contribution in [0.15, 0.2) is 44.4 Å². The number of benzene rings is 2. The molecule has 1 heterocycles. The highest BCUT2D eigenvalue weighted by Gasteiger charge is 2.32. The van der Waals surface area contributed by atoms with E-state index in [4.69, 9.17) is 0 Å². The molecule has 2 aromatic carbocycles. The lowest BCUT2D eigenvalue weighted by atomic mass is 10.2. The Balaban J connectivity index is 2.02. The van der Waals surface area contributed by atoms with Crippen molar-refractivity contribution in [2.75, 3.05) is 0 Å². The van der Waals surface area contributed by atoms with E-state index in [1.165, 1.54) is 0 Å². The number of nitrogens with zero attached hydrogens (tertiary/aromatic N) is 1. The zero-order chi connectivity index (χ0) is 19.9. The van der Waals surface area contributed by atoms with E-state index in [2.05, 4.69) is 29.8 Å². The number of hydrogen-bond acceptors (Lipinski definition) is 5. The molecule has 12 heteroatoms. The summed E-state index contributed by atoms with van der Waals surface area (Å²) < 4.78 is 100.0. The first-order valence-electron chi connectivity index (χ1n) is 6.81. The fraction of sp³-hybridized carbons (Fsp3) is 0. The van der Waals surface area contributed by atoms with E-state index >= 15 is 0 Å². The lowest BCUT2D eigenvalue weighted by molar-refractivity contribution is 0.315. The summed E-state index contributed by atoms with van der Waals surface area (Å²) in [7, 11) is -5.08. The Labute approximate surface area is 156 Å². The predicted octanol–water partition coefficient (Wildman–Crippen LogP) is 4.57. The van der Waals surface area contributed by atoms with E-state index in [9.17, 15) is 30.4 Å². The van der Waals surface area contributed by atoms with E-state index < -0.39 is 50.0 Å². The third kappa shape index (κ3) is 3.41. The zero-order valence-corrected chi connectivity index (χ0v) is 15.0. The molecule has 3 aromatic rings. The lowest BCUT2D eigenvalue weighted by Gasteiger charge is -2.08. The van der Waals surface area contributed by atoms with Gasteiger partial charge in [-0.1, -0.05) is 39.3 Å². The van der Waals surface area contributed by atoms with E-state index in [1.807, 2.05) is 0 Å². The minimum Gasteiger partial charge on any atom is -0.370 e. The molecule has 142 valence electrons. The van der Waals surface area contributed by atoms with Crippen molar-refractivity contribution >= 4 is 26.0 Å². The summed E-state index contributed by atoms with van der Waals surface area (Å²) in [5.74, 6) is -14.0. The van der Waals surface area contributed by atoms with Gasteiger partial charge in [-0.2, -0.15) is 17.2 Å². The highest BCUT2D eigenvalue weighted by molar-refractivity contribution is 9.10. The number of hydrogen-bond donors (Lipinski definition) is 0. The van der Waals surface area contributed by atoms with Crippen LogP contribution in [0.25, 0.3) is 11.3 Å². The number of halogens is 6. The third-order valence-electron chi connectivity index (χ3n) is 3.25. The maximum absolute atomic E-state index is 13.6. The molecule has 0 amide bonds. The zero-order valence-electron chi connectivity index (χ0n) is 12.6. The van der Waals surface area contributed by atoms with Crippen LogP contribution in [0.3, 0.4) is 0 Å². The van der Waals surface area contributed by atoms with Crippen molar-refractivity contribution in [2.45, 2.75) is 5.09 Å². The highest BCUT2D eigenvalue weighted by Crippen LogP contribution is 2.33. The molecule has 0 spiro atoms. The van der Waals surface area contributed by atoms with Crippen LogP contribution in [-0.2, 0) is 10.1 Å². The Hall–Kier alpha value is -2.47. The van der Waals surface area contributed by atoms with Gasteiger partial charge >= 0.3 is 10.1 Å². The fourth-order valence-corrected chi connectivity index (χ4v) is 3.30. The molecule has 0 saturated heterocycles. The molecule has 1 aromatic heterocycles. The maximum atomic E-state index is 13.6. The minimum absolute atomic E-state index is 0.0158. The molecule has 0 aliphatic carbocycles. The molecule has 5 nitrogen and oxygen atoms in total. The summed E-state index contributed by atoms with van der Waals surface area (Å²) in [5, 5.41) is 2.49. The average Bonchev–Trinajstić information content (AvgIpc) is 3.13. The average molecular weight is 470 g/mol. The van der Waals surface area contributed by atoms with Gasteiger partial charge in [0, 0.05) is 16.1 Å². The fourth-order valence-electron chi connectivity index (χ4n) is 1.98. The van der Waals surface area contributed by atoms with Gasteiger partial charge in [0.1, 0.15) is 5.69 Å². The Kier molecular flexibility index (Phi) is 4.95. The Morgan fingerprint density at radius 1 is 0.926 bits per heavy atom. The number of rotatable bonds is 4. The van der Waals surface area contributed by atoms with Crippen LogP contribution in [0.4, 0.5) is 22.0 Å². The van der Waals surface area contributed by atoms with Crippen LogP contribution >= 0.6 is 15.9 Å². The third-order valence-corrected chi connectivity index (χ3v) is 5.01. The Morgan fingerprint density at radius 3 is 2.07 bits per heavy atom. The summed E-state index contributed by atoms with van der Waals surface area (Å²) in [4.78, 5) is 0. The standard InChI is InChI=1S/C15H5BrF5NO4S/c16-7-4-2-1-3-6(7)8-5-9(25-22-8)27(23,24)26-15-13(20)11(18)10(17)12(19)14(15)21/h1-5H. The minimum atomic E-state index is -5.08. The van der Waals surface area contributed by atoms with Crippen LogP contribution in [0.5, 0.6) is 5.75 Å². The van der Waals surface area contributed by atoms with E-state index in [0.29, 0.717) is 10.0 Å². The van der Waals surface area contributed by atoms with Gasteiger partial charge < -0.3 is 8.71 Å². The Morgan fingerprint density at radius 2 is 1.48 bits per heavy atom. The summed E-state index contributed by atoms with van der Waals surface area (Å²) in [6, 6.07) is 7.35. The number of aromatic nitrogens is 1. The maximum Gasteiger partial charge on any atom is 0.376 e. The van der Waals surface area contributed by atoms with Crippen molar-refractivity contribution in [2.24, 2.45) is 0 Å². The van der Waals surface area contributed by atoms with Crippen molar-refractivity contribution in [3.8, 4) is 17.0 Å². The molecular weight excluding hydrogens is 465 g/mol. The van der Waals surface area contributed by atoms with Gasteiger partial charge in [0.15, 0.2) is 0 Å². The van der Waals surface area contributed by atoms with Crippen LogP contribution in [0.2, 0.25) is 0 Å². The predicted molar refractivity (Wildman–Crippen MR) is 83.7 cm³/mol. The molecule has 27 heavy (non-hydrogen) atoms. The van der Waals surface area contributed by atoms with Crippen LogP contribution in [-0.4, -0.2) is 13.6 Å². The molecular formula is C15H5BrF5NO4S. The molecule has 0 radical (unpaired) electrons. The first-order valence-corrected chi connectivity index (χ1v) is 9.01. The molecule has 0 aliphatic heterocycles. The topological polar surface area (TPSA) is 69.4 Å². The van der Waals surface area contributed by atoms with Gasteiger partial charge in [-0.25, -0.2) is 13.2 Å². The summed E-state index contributed by atoms with van der Waals surface area (Å²) in [6.45, 7) is 0. The van der Waals surface area contributed by atoms with Gasteiger partial charge in [-0.3, -0.25) is 0 Å². The Bertz CT molecular complexity index is 1120. The SMILES string of the molecule is O=S(=O)(Oc1c(F)c(F)c(F)c(F)c1F)c1cc(-c2ccccc2Br)no1. The summed E-state index contributed by atoms with van der Waals surface area (Å²) >= 11 is 3.21. The monoisotopic (exact) mass is 469 g/mol. The first kappa shape index (κ1) is 19.3. The molecule has 0 saturated carbocycles.